The van der Waals surface area contributed by atoms with Crippen LogP contribution < -0.4 is 0 Å². The number of carbonyl (C=O) groups excluding carboxylic acids is 2. The Hall–Kier alpha value is -2.78. The number of hydrogen-bond donors (Lipinski definition) is 0. The zero-order valence-electron chi connectivity index (χ0n) is 45.3. The van der Waals surface area contributed by atoms with Gasteiger partial charge in [-0.25, -0.2) is 0 Å². The lowest BCUT2D eigenvalue weighted by Gasteiger charge is -2.37. The maximum absolute atomic E-state index is 15.5. The minimum absolute atomic E-state index is 0.00390. The molecule has 0 fully saturated rings. The number of rotatable bonds is 25. The minimum Gasteiger partial charge on any atom is -0.306 e. The van der Waals surface area contributed by atoms with Crippen molar-refractivity contribution in [2.75, 3.05) is 13.1 Å². The fourth-order valence-electron chi connectivity index (χ4n) is 11.8. The summed E-state index contributed by atoms with van der Waals surface area (Å²) in [7, 11) is 0. The summed E-state index contributed by atoms with van der Waals surface area (Å²) in [5, 5.41) is 0. The lowest BCUT2D eigenvalue weighted by molar-refractivity contribution is -0.124. The van der Waals surface area contributed by atoms with Crippen LogP contribution in [0, 0.1) is 23.7 Å². The molecule has 0 N–H and O–H groups in total. The van der Waals surface area contributed by atoms with Gasteiger partial charge in [0.2, 0.25) is 0 Å². The Balaban J connectivity index is 1.41. The highest BCUT2D eigenvalue weighted by atomic mass is 32.1. The normalized spacial score (nSPS) is 19.0. The van der Waals surface area contributed by atoms with E-state index in [2.05, 4.69) is 150 Å². The van der Waals surface area contributed by atoms with E-state index in [0.717, 1.165) is 72.5 Å². The summed E-state index contributed by atoms with van der Waals surface area (Å²) in [5.41, 5.74) is 6.21. The Morgan fingerprint density at radius 1 is 0.478 bits per heavy atom. The molecule has 2 aliphatic heterocycles. The number of hydrogen-bond acceptors (Lipinski definition) is 6. The molecular weight excluding hydrogens is 921 g/mol. The van der Waals surface area contributed by atoms with Crippen LogP contribution >= 0.6 is 45.3 Å². The van der Waals surface area contributed by atoms with Crippen LogP contribution in [0.2, 0.25) is 0 Å². The molecule has 0 saturated heterocycles. The van der Waals surface area contributed by atoms with Gasteiger partial charge < -0.3 is 9.80 Å². The summed E-state index contributed by atoms with van der Waals surface area (Å²) >= 11 is 7.61. The SMILES string of the molecule is CCCCC(CC)CN1C(=O)C2=C(c3ccc(C(C)(C)C)s3)N(CC(CC)CCCC)C(=O)C2=C1c1ccc(-c2cc3c(s2)-c2sc(C(C)(C)C)cc2C3(CC(CC)CCC)CC(CC)CCC)s1. The van der Waals surface area contributed by atoms with Gasteiger partial charge in [0, 0.05) is 47.8 Å². The van der Waals surface area contributed by atoms with E-state index < -0.39 is 0 Å². The van der Waals surface area contributed by atoms with E-state index in [-0.39, 0.29) is 28.1 Å². The molecule has 4 nitrogen and oxygen atoms in total. The number of thiophene rings is 4. The molecule has 0 radical (unpaired) electrons. The van der Waals surface area contributed by atoms with E-state index in [0.29, 0.717) is 47.9 Å². The first-order valence-electron chi connectivity index (χ1n) is 27.6. The summed E-state index contributed by atoms with van der Waals surface area (Å²) in [5.74, 6) is 2.10. The van der Waals surface area contributed by atoms with Crippen LogP contribution in [0.5, 0.6) is 0 Å². The molecule has 4 atom stereocenters. The Morgan fingerprint density at radius 3 is 1.38 bits per heavy atom. The van der Waals surface area contributed by atoms with Crippen molar-refractivity contribution in [2.24, 2.45) is 23.7 Å². The van der Waals surface area contributed by atoms with Crippen LogP contribution in [0.15, 0.2) is 47.5 Å². The predicted molar refractivity (Wildman–Crippen MR) is 304 cm³/mol. The van der Waals surface area contributed by atoms with Gasteiger partial charge in [-0.3, -0.25) is 9.59 Å². The standard InChI is InChI=1S/C61H88N2O2S4/c1-15-23-27-41(21-7)37-62-53(51-52(58(62)65)54(47-31-32-49(67-47)59(9,10)11)63(57(51)64)38-42(22-8)28-24-16-2)46-30-29-45(66-46)48-33-43-55(68-48)56-44(34-50(69-56)60(12,13)14)61(43,35-39(19-5)25-17-3)36-40(20-6)26-18-4/h29-34,39-42H,15-28,35-38H2,1-14H3. The molecule has 378 valence electrons. The molecule has 69 heavy (non-hydrogen) atoms. The van der Waals surface area contributed by atoms with E-state index in [1.807, 2.05) is 16.2 Å². The summed E-state index contributed by atoms with van der Waals surface area (Å²) in [6, 6.07) is 14.2. The third kappa shape index (κ3) is 10.8. The van der Waals surface area contributed by atoms with Gasteiger partial charge in [0.05, 0.1) is 32.3 Å². The van der Waals surface area contributed by atoms with Crippen molar-refractivity contribution in [2.45, 2.75) is 216 Å². The summed E-state index contributed by atoms with van der Waals surface area (Å²) in [6.45, 7) is 33.8. The van der Waals surface area contributed by atoms with E-state index >= 15 is 9.59 Å². The fourth-order valence-corrected chi connectivity index (χ4v) is 16.8. The molecule has 2 amide bonds. The molecule has 3 aliphatic rings. The zero-order chi connectivity index (χ0) is 50.0. The Kier molecular flexibility index (Phi) is 17.6. The first-order valence-corrected chi connectivity index (χ1v) is 30.8. The van der Waals surface area contributed by atoms with Gasteiger partial charge in [-0.05, 0) is 108 Å². The first-order chi connectivity index (χ1) is 32.9. The van der Waals surface area contributed by atoms with Crippen LogP contribution in [0.25, 0.3) is 30.9 Å². The Bertz CT molecular complexity index is 2460. The van der Waals surface area contributed by atoms with Crippen molar-refractivity contribution in [3.63, 3.8) is 0 Å². The van der Waals surface area contributed by atoms with Crippen molar-refractivity contribution < 1.29 is 9.59 Å². The Morgan fingerprint density at radius 2 is 0.928 bits per heavy atom. The Labute approximate surface area is 435 Å². The third-order valence-corrected chi connectivity index (χ3v) is 21.7. The average molecular weight is 1010 g/mol. The quantitative estimate of drug-likeness (QED) is 0.0664. The highest BCUT2D eigenvalue weighted by Crippen LogP contribution is 2.63. The van der Waals surface area contributed by atoms with E-state index in [9.17, 15) is 0 Å². The lowest BCUT2D eigenvalue weighted by atomic mass is 9.65. The van der Waals surface area contributed by atoms with Crippen LogP contribution in [0.1, 0.15) is 230 Å². The number of unbranched alkanes of at least 4 members (excludes halogenated alkanes) is 2. The van der Waals surface area contributed by atoms with Crippen LogP contribution in [-0.2, 0) is 25.8 Å². The number of amides is 2. The second-order valence-corrected chi connectivity index (χ2v) is 27.5. The van der Waals surface area contributed by atoms with Gasteiger partial charge in [0.15, 0.2) is 0 Å². The largest absolute Gasteiger partial charge is 0.306 e. The number of nitrogens with zero attached hydrogens (tertiary/aromatic N) is 2. The highest BCUT2D eigenvalue weighted by Gasteiger charge is 2.51. The highest BCUT2D eigenvalue weighted by molar-refractivity contribution is 7.27. The number of fused-ring (bicyclic) bond motifs is 4. The van der Waals surface area contributed by atoms with Crippen molar-refractivity contribution in [1.29, 1.82) is 0 Å². The van der Waals surface area contributed by atoms with E-state index in [1.165, 1.54) is 80.6 Å². The lowest BCUT2D eigenvalue weighted by Crippen LogP contribution is -2.34. The topological polar surface area (TPSA) is 40.6 Å². The molecule has 1 aliphatic carbocycles. The van der Waals surface area contributed by atoms with Gasteiger partial charge in [0.1, 0.15) is 0 Å². The molecule has 4 unspecified atom stereocenters. The maximum atomic E-state index is 15.5. The maximum Gasteiger partial charge on any atom is 0.261 e. The van der Waals surface area contributed by atoms with Gasteiger partial charge in [-0.15, -0.1) is 45.3 Å². The smallest absolute Gasteiger partial charge is 0.261 e. The second kappa shape index (κ2) is 22.5. The van der Waals surface area contributed by atoms with Crippen molar-refractivity contribution >= 4 is 68.6 Å². The summed E-state index contributed by atoms with van der Waals surface area (Å²) in [6.07, 6.45) is 18.6. The molecule has 0 spiro atoms. The van der Waals surface area contributed by atoms with Crippen molar-refractivity contribution in [3.8, 4) is 19.5 Å². The molecule has 4 aromatic heterocycles. The van der Waals surface area contributed by atoms with Crippen LogP contribution in [0.3, 0.4) is 0 Å². The third-order valence-electron chi connectivity index (χ3n) is 16.1. The first kappa shape index (κ1) is 54.0. The van der Waals surface area contributed by atoms with Crippen molar-refractivity contribution in [1.82, 2.24) is 9.80 Å². The van der Waals surface area contributed by atoms with E-state index in [1.54, 1.807) is 33.8 Å². The van der Waals surface area contributed by atoms with E-state index in [4.69, 9.17) is 0 Å². The minimum atomic E-state index is -0.0345. The summed E-state index contributed by atoms with van der Waals surface area (Å²) < 4.78 is 0. The molecule has 7 rings (SSSR count). The molecule has 0 saturated carbocycles. The van der Waals surface area contributed by atoms with Gasteiger partial charge in [-0.2, -0.15) is 0 Å². The van der Waals surface area contributed by atoms with Gasteiger partial charge >= 0.3 is 0 Å². The molecule has 8 heteroatoms. The average Bonchev–Trinajstić information content (AvgIpc) is 4.19. The van der Waals surface area contributed by atoms with Crippen molar-refractivity contribution in [3.05, 3.63) is 78.2 Å². The fraction of sp³-hybridized carbons (Fsp3) is 0.639. The van der Waals surface area contributed by atoms with Crippen LogP contribution in [0.4, 0.5) is 0 Å². The van der Waals surface area contributed by atoms with Gasteiger partial charge in [0.25, 0.3) is 11.8 Å². The molecule has 4 aromatic rings. The van der Waals surface area contributed by atoms with Gasteiger partial charge in [-0.1, -0.05) is 174 Å². The predicted octanol–water partition coefficient (Wildman–Crippen LogP) is 19.1. The molecule has 0 bridgehead atoms. The zero-order valence-corrected chi connectivity index (χ0v) is 48.6. The molecule has 0 aromatic carbocycles. The van der Waals surface area contributed by atoms with Crippen LogP contribution in [-0.4, -0.2) is 34.7 Å². The second-order valence-electron chi connectivity index (χ2n) is 23.3. The number of carbonyl (C=O) groups is 2. The summed E-state index contributed by atoms with van der Waals surface area (Å²) in [4.78, 5) is 45.6. The molecule has 6 heterocycles. The molecular formula is C61H88N2O2S4. The monoisotopic (exact) mass is 1010 g/mol.